The van der Waals surface area contributed by atoms with E-state index in [9.17, 15) is 4.79 Å². The van der Waals surface area contributed by atoms with Gasteiger partial charge in [-0.1, -0.05) is 13.8 Å². The maximum absolute atomic E-state index is 12.1. The average Bonchev–Trinajstić information content (AvgIpc) is 2.59. The lowest BCUT2D eigenvalue weighted by Gasteiger charge is -2.21. The van der Waals surface area contributed by atoms with Crippen molar-refractivity contribution in [1.82, 2.24) is 9.88 Å². The number of aryl methyl sites for hydroxylation is 1. The van der Waals surface area contributed by atoms with Crippen molar-refractivity contribution in [1.29, 1.82) is 0 Å². The predicted octanol–water partition coefficient (Wildman–Crippen LogP) is 1.47. The first-order chi connectivity index (χ1) is 7.97. The molecule has 0 bridgehead atoms. The molecule has 0 radical (unpaired) electrons. The Labute approximate surface area is 103 Å². The Morgan fingerprint density at radius 2 is 2.12 bits per heavy atom. The molecule has 1 unspecified atom stereocenters. The van der Waals surface area contributed by atoms with Gasteiger partial charge in [0.15, 0.2) is 0 Å². The van der Waals surface area contributed by atoms with Gasteiger partial charge in [-0.2, -0.15) is 0 Å². The first-order valence-corrected chi connectivity index (χ1v) is 6.01. The summed E-state index contributed by atoms with van der Waals surface area (Å²) in [6.45, 7) is 6.13. The molecule has 0 aromatic carbocycles. The molecule has 0 aliphatic carbocycles. The molecule has 0 aliphatic rings. The van der Waals surface area contributed by atoms with Gasteiger partial charge in [0.2, 0.25) is 0 Å². The Bertz CT molecular complexity index is 383. The summed E-state index contributed by atoms with van der Waals surface area (Å²) in [5.41, 5.74) is 1.71. The van der Waals surface area contributed by atoms with Crippen LogP contribution in [-0.4, -0.2) is 28.2 Å². The number of amides is 1. The van der Waals surface area contributed by atoms with Gasteiger partial charge in [-0.25, -0.2) is 0 Å². The number of aromatic nitrogens is 1. The standard InChI is InChI=1S/C13H22N2O2/c1-9(2)11(7-8-16)14-13(17)12-6-5-10(3)15(12)4/h5-6,9,11,16H,7-8H2,1-4H3,(H,14,17). The largest absolute Gasteiger partial charge is 0.396 e. The summed E-state index contributed by atoms with van der Waals surface area (Å²) in [5.74, 6) is 0.236. The summed E-state index contributed by atoms with van der Waals surface area (Å²) < 4.78 is 1.87. The summed E-state index contributed by atoms with van der Waals surface area (Å²) in [7, 11) is 1.88. The van der Waals surface area contributed by atoms with Crippen molar-refractivity contribution in [2.75, 3.05) is 6.61 Å². The molecule has 4 nitrogen and oxygen atoms in total. The fourth-order valence-electron chi connectivity index (χ4n) is 1.79. The number of aliphatic hydroxyl groups is 1. The Morgan fingerprint density at radius 1 is 1.47 bits per heavy atom. The van der Waals surface area contributed by atoms with Crippen LogP contribution in [0, 0.1) is 12.8 Å². The summed E-state index contributed by atoms with van der Waals surface area (Å²) in [5, 5.41) is 11.9. The summed E-state index contributed by atoms with van der Waals surface area (Å²) in [6, 6.07) is 3.76. The van der Waals surface area contributed by atoms with E-state index in [1.807, 2.05) is 44.5 Å². The molecule has 0 aliphatic heterocycles. The average molecular weight is 238 g/mol. The van der Waals surface area contributed by atoms with Crippen LogP contribution in [0.25, 0.3) is 0 Å². The number of hydrogen-bond acceptors (Lipinski definition) is 2. The van der Waals surface area contributed by atoms with Gasteiger partial charge in [0.05, 0.1) is 0 Å². The normalized spacial score (nSPS) is 12.8. The van der Waals surface area contributed by atoms with Gasteiger partial charge in [-0.3, -0.25) is 4.79 Å². The van der Waals surface area contributed by atoms with Crippen molar-refractivity contribution in [2.45, 2.75) is 33.2 Å². The second kappa shape index (κ2) is 5.87. The first kappa shape index (κ1) is 13.8. The zero-order valence-electron chi connectivity index (χ0n) is 11.0. The molecule has 0 saturated heterocycles. The van der Waals surface area contributed by atoms with E-state index in [4.69, 9.17) is 5.11 Å². The van der Waals surface area contributed by atoms with Gasteiger partial charge >= 0.3 is 0 Å². The molecular weight excluding hydrogens is 216 g/mol. The number of nitrogens with one attached hydrogen (secondary N) is 1. The monoisotopic (exact) mass is 238 g/mol. The van der Waals surface area contributed by atoms with E-state index >= 15 is 0 Å². The highest BCUT2D eigenvalue weighted by atomic mass is 16.3. The van der Waals surface area contributed by atoms with Gasteiger partial charge in [-0.15, -0.1) is 0 Å². The van der Waals surface area contributed by atoms with Crippen molar-refractivity contribution in [3.63, 3.8) is 0 Å². The maximum atomic E-state index is 12.1. The molecule has 17 heavy (non-hydrogen) atoms. The lowest BCUT2D eigenvalue weighted by atomic mass is 10.0. The maximum Gasteiger partial charge on any atom is 0.268 e. The second-order valence-corrected chi connectivity index (χ2v) is 4.76. The SMILES string of the molecule is Cc1ccc(C(=O)NC(CCO)C(C)C)n1C. The smallest absolute Gasteiger partial charge is 0.268 e. The fourth-order valence-corrected chi connectivity index (χ4v) is 1.79. The number of carbonyl (C=O) groups excluding carboxylic acids is 1. The van der Waals surface area contributed by atoms with Crippen molar-refractivity contribution < 1.29 is 9.90 Å². The van der Waals surface area contributed by atoms with Gasteiger partial charge in [0.25, 0.3) is 5.91 Å². The van der Waals surface area contributed by atoms with Crippen molar-refractivity contribution in [2.24, 2.45) is 13.0 Å². The van der Waals surface area contributed by atoms with Gasteiger partial charge in [0, 0.05) is 25.4 Å². The molecule has 2 N–H and O–H groups in total. The first-order valence-electron chi connectivity index (χ1n) is 6.01. The fraction of sp³-hybridized carbons (Fsp3) is 0.615. The third kappa shape index (κ3) is 3.33. The van der Waals surface area contributed by atoms with Crippen LogP contribution >= 0.6 is 0 Å². The second-order valence-electron chi connectivity index (χ2n) is 4.76. The van der Waals surface area contributed by atoms with Gasteiger partial charge < -0.3 is 15.0 Å². The van der Waals surface area contributed by atoms with Crippen molar-refractivity contribution in [3.8, 4) is 0 Å². The van der Waals surface area contributed by atoms with Crippen LogP contribution in [0.1, 0.15) is 36.5 Å². The number of aliphatic hydroxyl groups excluding tert-OH is 1. The molecule has 1 aromatic rings. The Morgan fingerprint density at radius 3 is 2.53 bits per heavy atom. The number of carbonyl (C=O) groups is 1. The van der Waals surface area contributed by atoms with E-state index in [1.54, 1.807) is 0 Å². The van der Waals surface area contributed by atoms with Crippen molar-refractivity contribution in [3.05, 3.63) is 23.5 Å². The Hall–Kier alpha value is -1.29. The van der Waals surface area contributed by atoms with Gasteiger partial charge in [-0.05, 0) is 31.4 Å². The zero-order chi connectivity index (χ0) is 13.0. The van der Waals surface area contributed by atoms with Crippen molar-refractivity contribution >= 4 is 5.91 Å². The minimum atomic E-state index is -0.0762. The van der Waals surface area contributed by atoms with Crippen LogP contribution in [0.4, 0.5) is 0 Å². The third-order valence-electron chi connectivity index (χ3n) is 3.17. The molecule has 96 valence electrons. The van der Waals surface area contributed by atoms with Crippen LogP contribution in [0.2, 0.25) is 0 Å². The third-order valence-corrected chi connectivity index (χ3v) is 3.17. The highest BCUT2D eigenvalue weighted by molar-refractivity contribution is 5.93. The quantitative estimate of drug-likeness (QED) is 0.816. The number of nitrogens with zero attached hydrogens (tertiary/aromatic N) is 1. The number of rotatable bonds is 5. The number of hydrogen-bond donors (Lipinski definition) is 2. The van der Waals surface area contributed by atoms with Crippen LogP contribution in [0.15, 0.2) is 12.1 Å². The molecule has 0 fully saturated rings. The van der Waals surface area contributed by atoms with Crippen LogP contribution in [-0.2, 0) is 7.05 Å². The minimum Gasteiger partial charge on any atom is -0.396 e. The molecule has 1 aromatic heterocycles. The van der Waals surface area contributed by atoms with Crippen LogP contribution in [0.5, 0.6) is 0 Å². The molecule has 1 amide bonds. The highest BCUT2D eigenvalue weighted by Crippen LogP contribution is 2.09. The Balaban J connectivity index is 2.74. The van der Waals surface area contributed by atoms with E-state index in [1.165, 1.54) is 0 Å². The topological polar surface area (TPSA) is 54.3 Å². The molecule has 1 rings (SSSR count). The predicted molar refractivity (Wildman–Crippen MR) is 67.9 cm³/mol. The minimum absolute atomic E-state index is 0.0164. The molecule has 0 spiro atoms. The Kier molecular flexibility index (Phi) is 4.75. The zero-order valence-corrected chi connectivity index (χ0v) is 11.0. The van der Waals surface area contributed by atoms with Crippen LogP contribution in [0.3, 0.4) is 0 Å². The summed E-state index contributed by atoms with van der Waals surface area (Å²) in [4.78, 5) is 12.1. The lowest BCUT2D eigenvalue weighted by Crippen LogP contribution is -2.39. The van der Waals surface area contributed by atoms with E-state index < -0.39 is 0 Å². The van der Waals surface area contributed by atoms with E-state index in [0.717, 1.165) is 5.69 Å². The highest BCUT2D eigenvalue weighted by Gasteiger charge is 2.18. The molecule has 0 saturated carbocycles. The van der Waals surface area contributed by atoms with Crippen LogP contribution < -0.4 is 5.32 Å². The lowest BCUT2D eigenvalue weighted by molar-refractivity contribution is 0.0908. The summed E-state index contributed by atoms with van der Waals surface area (Å²) in [6.07, 6.45) is 0.590. The van der Waals surface area contributed by atoms with E-state index in [-0.39, 0.29) is 18.6 Å². The summed E-state index contributed by atoms with van der Waals surface area (Å²) >= 11 is 0. The molecule has 4 heteroatoms. The molecular formula is C13H22N2O2. The van der Waals surface area contributed by atoms with E-state index in [0.29, 0.717) is 18.0 Å². The molecule has 1 atom stereocenters. The van der Waals surface area contributed by atoms with Gasteiger partial charge in [0.1, 0.15) is 5.69 Å². The molecule has 1 heterocycles. The van der Waals surface area contributed by atoms with E-state index in [2.05, 4.69) is 5.32 Å².